The third kappa shape index (κ3) is 1.93. The molecule has 18 heavy (non-hydrogen) atoms. The molecule has 1 saturated heterocycles. The molecule has 0 saturated carbocycles. The smallest absolute Gasteiger partial charge is 0.498 e. The summed E-state index contributed by atoms with van der Waals surface area (Å²) < 4.78 is 11.9. The number of benzene rings is 1. The lowest BCUT2D eigenvalue weighted by Crippen LogP contribution is -2.41. The molecular formula is C14H21BO3. The molecule has 0 atom stereocenters. The summed E-state index contributed by atoms with van der Waals surface area (Å²) in [7, 11) is -0.505. The molecule has 98 valence electrons. The quantitative estimate of drug-likeness (QED) is 0.775. The van der Waals surface area contributed by atoms with Gasteiger partial charge in [0.15, 0.2) is 0 Å². The molecule has 4 heteroatoms. The van der Waals surface area contributed by atoms with E-state index in [0.29, 0.717) is 5.46 Å². The largest absolute Gasteiger partial charge is 0.508 e. The molecule has 3 nitrogen and oxygen atoms in total. The Balaban J connectivity index is 2.39. The highest BCUT2D eigenvalue weighted by molar-refractivity contribution is 6.63. The van der Waals surface area contributed by atoms with E-state index in [4.69, 9.17) is 9.31 Å². The predicted octanol–water partition coefficient (Wildman–Crippen LogP) is 2.31. The van der Waals surface area contributed by atoms with Gasteiger partial charge in [0, 0.05) is 5.46 Å². The van der Waals surface area contributed by atoms with Gasteiger partial charge in [-0.2, -0.15) is 0 Å². The van der Waals surface area contributed by atoms with Crippen LogP contribution >= 0.6 is 0 Å². The van der Waals surface area contributed by atoms with E-state index in [-0.39, 0.29) is 17.0 Å². The lowest BCUT2D eigenvalue weighted by molar-refractivity contribution is 0.00578. The van der Waals surface area contributed by atoms with Crippen molar-refractivity contribution in [1.82, 2.24) is 0 Å². The first-order chi connectivity index (χ1) is 8.16. The molecule has 0 bridgehead atoms. The number of phenols is 1. The monoisotopic (exact) mass is 248 g/mol. The molecule has 0 unspecified atom stereocenters. The Hall–Kier alpha value is -0.995. The van der Waals surface area contributed by atoms with Crippen LogP contribution in [0.2, 0.25) is 0 Å². The Morgan fingerprint density at radius 1 is 1.00 bits per heavy atom. The van der Waals surface area contributed by atoms with Gasteiger partial charge in [-0.1, -0.05) is 12.1 Å². The molecule has 1 aromatic carbocycles. The average molecular weight is 248 g/mol. The van der Waals surface area contributed by atoms with Crippen molar-refractivity contribution in [2.75, 3.05) is 0 Å². The fraction of sp³-hybridized carbons (Fsp3) is 0.571. The van der Waals surface area contributed by atoms with Crippen molar-refractivity contribution in [2.24, 2.45) is 0 Å². The highest BCUT2D eigenvalue weighted by atomic mass is 16.7. The molecule has 1 N–H and O–H groups in total. The van der Waals surface area contributed by atoms with Crippen LogP contribution in [0.5, 0.6) is 5.75 Å². The Morgan fingerprint density at radius 3 is 2.00 bits per heavy atom. The van der Waals surface area contributed by atoms with Gasteiger partial charge in [0.1, 0.15) is 5.75 Å². The standard InChI is InChI=1S/C14H21BO3/c1-9-7-8-11(12(16)10(9)2)15-17-13(3,4)14(5,6)18-15/h7-8,16H,1-6H3. The SMILES string of the molecule is Cc1ccc(B2OC(C)(C)C(C)(C)O2)c(O)c1C. The molecule has 1 aliphatic rings. The zero-order chi connectivity index (χ0) is 13.7. The van der Waals surface area contributed by atoms with Crippen LogP contribution < -0.4 is 5.46 Å². The molecule has 0 spiro atoms. The van der Waals surface area contributed by atoms with Crippen LogP contribution in [-0.2, 0) is 9.31 Å². The normalized spacial score (nSPS) is 21.3. The molecule has 0 aliphatic carbocycles. The maximum atomic E-state index is 10.2. The second kappa shape index (κ2) is 4.00. The summed E-state index contributed by atoms with van der Waals surface area (Å²) in [6.07, 6.45) is 0. The number of aryl methyl sites for hydroxylation is 1. The van der Waals surface area contributed by atoms with E-state index in [0.717, 1.165) is 11.1 Å². The number of phenolic OH excluding ortho intramolecular Hbond substituents is 1. The van der Waals surface area contributed by atoms with Gasteiger partial charge in [0.2, 0.25) is 0 Å². The maximum absolute atomic E-state index is 10.2. The van der Waals surface area contributed by atoms with Crippen molar-refractivity contribution in [3.8, 4) is 5.75 Å². The summed E-state index contributed by atoms with van der Waals surface area (Å²) in [5.41, 5.74) is 1.87. The number of hydrogen-bond donors (Lipinski definition) is 1. The fourth-order valence-corrected chi connectivity index (χ4v) is 1.98. The van der Waals surface area contributed by atoms with Crippen molar-refractivity contribution < 1.29 is 14.4 Å². The first-order valence-corrected chi connectivity index (χ1v) is 6.30. The van der Waals surface area contributed by atoms with Crippen molar-refractivity contribution in [2.45, 2.75) is 52.7 Å². The number of aromatic hydroxyl groups is 1. The molecule has 1 aliphatic heterocycles. The minimum atomic E-state index is -0.505. The highest BCUT2D eigenvalue weighted by Crippen LogP contribution is 2.37. The van der Waals surface area contributed by atoms with Crippen LogP contribution in [-0.4, -0.2) is 23.4 Å². The van der Waals surface area contributed by atoms with Crippen LogP contribution in [0.25, 0.3) is 0 Å². The molecular weight excluding hydrogens is 227 g/mol. The molecule has 0 amide bonds. The van der Waals surface area contributed by atoms with Crippen molar-refractivity contribution in [3.05, 3.63) is 23.3 Å². The molecule has 1 aromatic rings. The summed E-state index contributed by atoms with van der Waals surface area (Å²) in [6.45, 7) is 11.9. The first-order valence-electron chi connectivity index (χ1n) is 6.30. The second-order valence-corrected chi connectivity index (χ2v) is 6.03. The topological polar surface area (TPSA) is 38.7 Å². The van der Waals surface area contributed by atoms with Crippen LogP contribution in [0.3, 0.4) is 0 Å². The fourth-order valence-electron chi connectivity index (χ4n) is 1.98. The van der Waals surface area contributed by atoms with E-state index in [2.05, 4.69) is 0 Å². The predicted molar refractivity (Wildman–Crippen MR) is 73.3 cm³/mol. The van der Waals surface area contributed by atoms with Gasteiger partial charge < -0.3 is 14.4 Å². The first kappa shape index (κ1) is 13.4. The van der Waals surface area contributed by atoms with E-state index in [1.165, 1.54) is 0 Å². The van der Waals surface area contributed by atoms with E-state index in [1.807, 2.05) is 53.7 Å². The van der Waals surface area contributed by atoms with E-state index in [1.54, 1.807) is 0 Å². The van der Waals surface area contributed by atoms with Gasteiger partial charge in [-0.05, 0) is 52.7 Å². The lowest BCUT2D eigenvalue weighted by Gasteiger charge is -2.32. The van der Waals surface area contributed by atoms with E-state index < -0.39 is 7.12 Å². The number of rotatable bonds is 1. The van der Waals surface area contributed by atoms with Gasteiger partial charge in [0.05, 0.1) is 11.2 Å². The maximum Gasteiger partial charge on any atom is 0.498 e. The summed E-state index contributed by atoms with van der Waals surface area (Å²) in [5.74, 6) is 0.272. The molecule has 2 rings (SSSR count). The summed E-state index contributed by atoms with van der Waals surface area (Å²) >= 11 is 0. The highest BCUT2D eigenvalue weighted by Gasteiger charge is 2.52. The summed E-state index contributed by atoms with van der Waals surface area (Å²) in [5, 5.41) is 10.2. The second-order valence-electron chi connectivity index (χ2n) is 6.03. The van der Waals surface area contributed by atoms with Crippen LogP contribution in [0.15, 0.2) is 12.1 Å². The minimum absolute atomic E-state index is 0.272. The van der Waals surface area contributed by atoms with Crippen molar-refractivity contribution in [1.29, 1.82) is 0 Å². The van der Waals surface area contributed by atoms with Crippen molar-refractivity contribution in [3.63, 3.8) is 0 Å². The van der Waals surface area contributed by atoms with Gasteiger partial charge in [-0.3, -0.25) is 0 Å². The summed E-state index contributed by atoms with van der Waals surface area (Å²) in [6, 6.07) is 3.86. The average Bonchev–Trinajstić information content (AvgIpc) is 2.45. The molecule has 0 aromatic heterocycles. The Morgan fingerprint density at radius 2 is 1.50 bits per heavy atom. The Bertz CT molecular complexity index is 464. The Kier molecular flexibility index (Phi) is 2.99. The van der Waals surface area contributed by atoms with Gasteiger partial charge in [-0.15, -0.1) is 0 Å². The zero-order valence-electron chi connectivity index (χ0n) is 12.0. The zero-order valence-corrected chi connectivity index (χ0v) is 12.0. The van der Waals surface area contributed by atoms with E-state index in [9.17, 15) is 5.11 Å². The number of hydrogen-bond acceptors (Lipinski definition) is 3. The van der Waals surface area contributed by atoms with E-state index >= 15 is 0 Å². The third-order valence-corrected chi connectivity index (χ3v) is 4.24. The van der Waals surface area contributed by atoms with Crippen LogP contribution in [0, 0.1) is 13.8 Å². The van der Waals surface area contributed by atoms with Crippen LogP contribution in [0.1, 0.15) is 38.8 Å². The van der Waals surface area contributed by atoms with Crippen molar-refractivity contribution >= 4 is 12.6 Å². The summed E-state index contributed by atoms with van der Waals surface area (Å²) in [4.78, 5) is 0. The Labute approximate surface area is 109 Å². The van der Waals surface area contributed by atoms with Gasteiger partial charge in [-0.25, -0.2) is 0 Å². The third-order valence-electron chi connectivity index (χ3n) is 4.24. The van der Waals surface area contributed by atoms with Gasteiger partial charge in [0.25, 0.3) is 0 Å². The molecule has 0 radical (unpaired) electrons. The molecule has 1 heterocycles. The molecule has 1 fully saturated rings. The lowest BCUT2D eigenvalue weighted by atomic mass is 9.77. The minimum Gasteiger partial charge on any atom is -0.508 e. The van der Waals surface area contributed by atoms with Crippen LogP contribution in [0.4, 0.5) is 0 Å². The van der Waals surface area contributed by atoms with Gasteiger partial charge >= 0.3 is 7.12 Å².